The van der Waals surface area contributed by atoms with Gasteiger partial charge in [0.25, 0.3) is 0 Å². The van der Waals surface area contributed by atoms with Gasteiger partial charge in [0.1, 0.15) is 0 Å². The van der Waals surface area contributed by atoms with Crippen molar-refractivity contribution in [2.24, 2.45) is 22.4 Å². The van der Waals surface area contributed by atoms with E-state index in [0.717, 1.165) is 0 Å². The van der Waals surface area contributed by atoms with E-state index in [4.69, 9.17) is 5.21 Å². The summed E-state index contributed by atoms with van der Waals surface area (Å²) in [7, 11) is 0. The van der Waals surface area contributed by atoms with Crippen LogP contribution >= 0.6 is 0 Å². The maximum absolute atomic E-state index is 8.91. The van der Waals surface area contributed by atoms with Gasteiger partial charge in [-0.15, -0.1) is 5.16 Å². The summed E-state index contributed by atoms with van der Waals surface area (Å²) in [5.74, 6) is 0.560. The maximum atomic E-state index is 8.91. The maximum Gasteiger partial charge on any atom is 0.0516 e. The molecule has 0 amide bonds. The Labute approximate surface area is 115 Å². The number of nitrogens with zero attached hydrogens (tertiary/aromatic N) is 1. The van der Waals surface area contributed by atoms with Gasteiger partial charge >= 0.3 is 0 Å². The van der Waals surface area contributed by atoms with Crippen LogP contribution in [0.4, 0.5) is 0 Å². The molecule has 0 saturated carbocycles. The minimum Gasteiger partial charge on any atom is -0.411 e. The molecule has 3 atom stereocenters. The molecule has 2 aliphatic carbocycles. The lowest BCUT2D eigenvalue weighted by Crippen LogP contribution is -2.31. The van der Waals surface area contributed by atoms with Gasteiger partial charge < -0.3 is 5.21 Å². The lowest BCUT2D eigenvalue weighted by molar-refractivity contribution is 0.313. The van der Waals surface area contributed by atoms with Gasteiger partial charge in [-0.2, -0.15) is 0 Å². The van der Waals surface area contributed by atoms with Crippen LogP contribution in [0.25, 0.3) is 0 Å². The Hall–Kier alpha value is -1.57. The Morgan fingerprint density at radius 1 is 1.21 bits per heavy atom. The zero-order valence-electron chi connectivity index (χ0n) is 12.4. The highest BCUT2D eigenvalue weighted by Crippen LogP contribution is 2.50. The topological polar surface area (TPSA) is 32.6 Å². The van der Waals surface area contributed by atoms with Gasteiger partial charge in [0, 0.05) is 11.3 Å². The second-order valence-electron chi connectivity index (χ2n) is 5.89. The molecule has 1 N–H and O–H groups in total. The number of allylic oxidation sites excluding steroid dienone is 8. The lowest BCUT2D eigenvalue weighted by Gasteiger charge is -2.38. The normalized spacial score (nSPS) is 35.0. The highest BCUT2D eigenvalue weighted by atomic mass is 16.4. The van der Waals surface area contributed by atoms with E-state index >= 15 is 0 Å². The Bertz CT molecular complexity index is 533. The van der Waals surface area contributed by atoms with E-state index in [0.29, 0.717) is 5.92 Å². The molecule has 2 nitrogen and oxygen atoms in total. The van der Waals surface area contributed by atoms with Gasteiger partial charge in [0.05, 0.1) is 6.21 Å². The smallest absolute Gasteiger partial charge is 0.0516 e. The number of oxime groups is 1. The van der Waals surface area contributed by atoms with E-state index in [9.17, 15) is 0 Å². The van der Waals surface area contributed by atoms with Crippen molar-refractivity contribution in [2.75, 3.05) is 0 Å². The van der Waals surface area contributed by atoms with Gasteiger partial charge in [0.2, 0.25) is 0 Å². The number of rotatable bonds is 2. The van der Waals surface area contributed by atoms with E-state index in [1.165, 1.54) is 22.3 Å². The summed E-state index contributed by atoms with van der Waals surface area (Å²) in [5, 5.41) is 12.2. The first-order valence-corrected chi connectivity index (χ1v) is 6.86. The minimum absolute atomic E-state index is 0.105. The van der Waals surface area contributed by atoms with Crippen molar-refractivity contribution < 1.29 is 5.21 Å². The zero-order chi connectivity index (χ0) is 14.2. The van der Waals surface area contributed by atoms with Crippen molar-refractivity contribution in [3.63, 3.8) is 0 Å². The average molecular weight is 257 g/mol. The Balaban J connectivity index is 2.52. The molecule has 0 bridgehead atoms. The quantitative estimate of drug-likeness (QED) is 0.441. The SMILES string of the molecule is CC1=C(C)C(C)C(C2(C)C=CC=CC2/C=N/O)=C1C. The highest BCUT2D eigenvalue weighted by molar-refractivity contribution is 5.68. The standard InChI is InChI=1S/C17H23NO/c1-11-12(2)14(4)16(13(11)3)17(5)9-7-6-8-15(17)10-18-19/h6-10,13,15,19H,1-5H3/b18-10+. The van der Waals surface area contributed by atoms with E-state index in [-0.39, 0.29) is 11.3 Å². The van der Waals surface area contributed by atoms with Crippen molar-refractivity contribution in [2.45, 2.75) is 34.6 Å². The first-order chi connectivity index (χ1) is 8.93. The average Bonchev–Trinajstić information content (AvgIpc) is 2.57. The first kappa shape index (κ1) is 13.9. The summed E-state index contributed by atoms with van der Waals surface area (Å²) >= 11 is 0. The molecule has 0 radical (unpaired) electrons. The second-order valence-corrected chi connectivity index (χ2v) is 5.89. The van der Waals surface area contributed by atoms with E-state index in [1.54, 1.807) is 6.21 Å². The fraction of sp³-hybridized carbons (Fsp3) is 0.471. The van der Waals surface area contributed by atoms with Gasteiger partial charge in [-0.3, -0.25) is 0 Å². The lowest BCUT2D eigenvalue weighted by atomic mass is 9.65. The largest absolute Gasteiger partial charge is 0.411 e. The summed E-state index contributed by atoms with van der Waals surface area (Å²) in [6, 6.07) is 0. The Morgan fingerprint density at radius 2 is 1.89 bits per heavy atom. The molecule has 0 aromatic rings. The molecule has 0 saturated heterocycles. The van der Waals surface area contributed by atoms with Crippen molar-refractivity contribution in [1.29, 1.82) is 0 Å². The molecule has 3 unspecified atom stereocenters. The number of hydrogen-bond donors (Lipinski definition) is 1. The predicted molar refractivity (Wildman–Crippen MR) is 80.4 cm³/mol. The molecule has 0 fully saturated rings. The van der Waals surface area contributed by atoms with Crippen LogP contribution in [0.3, 0.4) is 0 Å². The van der Waals surface area contributed by atoms with E-state index in [2.05, 4.69) is 58.0 Å². The molecule has 0 aromatic carbocycles. The fourth-order valence-corrected chi connectivity index (χ4v) is 3.53. The molecule has 19 heavy (non-hydrogen) atoms. The van der Waals surface area contributed by atoms with Crippen molar-refractivity contribution in [3.8, 4) is 0 Å². The van der Waals surface area contributed by atoms with E-state index in [1.807, 2.05) is 6.08 Å². The molecule has 0 aromatic heterocycles. The third kappa shape index (κ3) is 1.99. The summed E-state index contributed by atoms with van der Waals surface area (Å²) in [5.41, 5.74) is 5.60. The highest BCUT2D eigenvalue weighted by Gasteiger charge is 2.41. The van der Waals surface area contributed by atoms with Crippen LogP contribution in [0.1, 0.15) is 34.6 Å². The molecule has 2 aliphatic rings. The summed E-state index contributed by atoms with van der Waals surface area (Å²) in [6.07, 6.45) is 10.1. The third-order valence-electron chi connectivity index (χ3n) is 5.01. The van der Waals surface area contributed by atoms with E-state index < -0.39 is 0 Å². The van der Waals surface area contributed by atoms with Crippen LogP contribution in [-0.2, 0) is 0 Å². The molecule has 2 heteroatoms. The zero-order valence-corrected chi connectivity index (χ0v) is 12.4. The van der Waals surface area contributed by atoms with Gasteiger partial charge in [-0.1, -0.05) is 43.7 Å². The Kier molecular flexibility index (Phi) is 3.53. The van der Waals surface area contributed by atoms with Crippen LogP contribution in [0, 0.1) is 17.3 Å². The first-order valence-electron chi connectivity index (χ1n) is 6.86. The fourth-order valence-electron chi connectivity index (χ4n) is 3.53. The van der Waals surface area contributed by atoms with Crippen LogP contribution in [0.5, 0.6) is 0 Å². The summed E-state index contributed by atoms with van der Waals surface area (Å²) in [6.45, 7) is 11.1. The second kappa shape index (κ2) is 4.84. The van der Waals surface area contributed by atoms with Crippen molar-refractivity contribution >= 4 is 6.21 Å². The molecule has 2 rings (SSSR count). The molecule has 102 valence electrons. The van der Waals surface area contributed by atoms with Crippen LogP contribution in [0.15, 0.2) is 51.8 Å². The van der Waals surface area contributed by atoms with Crippen molar-refractivity contribution in [3.05, 3.63) is 46.6 Å². The third-order valence-corrected chi connectivity index (χ3v) is 5.01. The van der Waals surface area contributed by atoms with Crippen molar-refractivity contribution in [1.82, 2.24) is 0 Å². The summed E-state index contributed by atoms with van der Waals surface area (Å²) < 4.78 is 0. The molecule has 0 aliphatic heterocycles. The van der Waals surface area contributed by atoms with Gasteiger partial charge in [0.15, 0.2) is 0 Å². The van der Waals surface area contributed by atoms with Crippen LogP contribution in [-0.4, -0.2) is 11.4 Å². The van der Waals surface area contributed by atoms with Gasteiger partial charge in [-0.25, -0.2) is 0 Å². The number of hydrogen-bond acceptors (Lipinski definition) is 2. The van der Waals surface area contributed by atoms with Crippen LogP contribution in [0.2, 0.25) is 0 Å². The minimum atomic E-state index is -0.108. The molecule has 0 spiro atoms. The predicted octanol–water partition coefficient (Wildman–Crippen LogP) is 4.50. The Morgan fingerprint density at radius 3 is 2.42 bits per heavy atom. The summed E-state index contributed by atoms with van der Waals surface area (Å²) in [4.78, 5) is 0. The monoisotopic (exact) mass is 257 g/mol. The van der Waals surface area contributed by atoms with Gasteiger partial charge in [-0.05, 0) is 43.4 Å². The molecule has 0 heterocycles. The van der Waals surface area contributed by atoms with Crippen LogP contribution < -0.4 is 0 Å². The molecular formula is C17H23NO. The molecular weight excluding hydrogens is 234 g/mol.